The average molecular weight is 144 g/mol. The lowest BCUT2D eigenvalue weighted by molar-refractivity contribution is 0.0199. The maximum absolute atomic E-state index is 5.56. The zero-order valence-corrected chi connectivity index (χ0v) is 7.85. The van der Waals surface area contributed by atoms with Gasteiger partial charge in [0.05, 0.1) is 6.10 Å². The van der Waals surface area contributed by atoms with Gasteiger partial charge in [-0.1, -0.05) is 27.7 Å². The quantitative estimate of drug-likeness (QED) is 0.589. The van der Waals surface area contributed by atoms with E-state index in [4.69, 9.17) is 4.74 Å². The third-order valence-corrected chi connectivity index (χ3v) is 1.63. The maximum atomic E-state index is 5.56. The van der Waals surface area contributed by atoms with Crippen LogP contribution in [0.5, 0.6) is 0 Å². The normalized spacial score (nSPS) is 14.7. The van der Waals surface area contributed by atoms with Gasteiger partial charge in [-0.2, -0.15) is 0 Å². The van der Waals surface area contributed by atoms with Crippen LogP contribution in [0.4, 0.5) is 0 Å². The first-order valence-electron chi connectivity index (χ1n) is 4.15. The van der Waals surface area contributed by atoms with Gasteiger partial charge in [0.25, 0.3) is 0 Å². The molecule has 0 N–H and O–H groups in total. The lowest BCUT2D eigenvalue weighted by Gasteiger charge is -2.17. The van der Waals surface area contributed by atoms with Crippen molar-refractivity contribution < 1.29 is 4.74 Å². The molecule has 0 aromatic carbocycles. The summed E-state index contributed by atoms with van der Waals surface area (Å²) in [6.45, 7) is 11.7. The smallest absolute Gasteiger partial charge is 0.0570 e. The van der Waals surface area contributed by atoms with E-state index >= 15 is 0 Å². The minimum absolute atomic E-state index is 0.405. The van der Waals surface area contributed by atoms with Crippen molar-refractivity contribution in [2.24, 2.45) is 11.8 Å². The van der Waals surface area contributed by atoms with E-state index in [1.807, 2.05) is 0 Å². The predicted octanol–water partition coefficient (Wildman–Crippen LogP) is 2.70. The second-order valence-electron chi connectivity index (χ2n) is 3.68. The monoisotopic (exact) mass is 144 g/mol. The molecular weight excluding hydrogens is 124 g/mol. The molecule has 10 heavy (non-hydrogen) atoms. The van der Waals surface area contributed by atoms with Crippen molar-refractivity contribution in [3.05, 3.63) is 0 Å². The van der Waals surface area contributed by atoms with Crippen molar-refractivity contribution >= 4 is 0 Å². The van der Waals surface area contributed by atoms with Gasteiger partial charge < -0.3 is 4.74 Å². The number of hydrogen-bond donors (Lipinski definition) is 0. The van der Waals surface area contributed by atoms with Crippen molar-refractivity contribution in [1.29, 1.82) is 0 Å². The van der Waals surface area contributed by atoms with E-state index < -0.39 is 0 Å². The minimum Gasteiger partial charge on any atom is -0.378 e. The van der Waals surface area contributed by atoms with E-state index in [1.54, 1.807) is 0 Å². The van der Waals surface area contributed by atoms with Crippen LogP contribution in [0.1, 0.15) is 34.6 Å². The molecule has 0 fully saturated rings. The summed E-state index contributed by atoms with van der Waals surface area (Å²) in [6, 6.07) is 0. The van der Waals surface area contributed by atoms with Crippen molar-refractivity contribution in [2.75, 3.05) is 6.61 Å². The molecule has 0 unspecified atom stereocenters. The van der Waals surface area contributed by atoms with Crippen LogP contribution in [0, 0.1) is 11.8 Å². The topological polar surface area (TPSA) is 9.23 Å². The maximum Gasteiger partial charge on any atom is 0.0570 e. The Hall–Kier alpha value is -0.0400. The molecule has 0 saturated carbocycles. The van der Waals surface area contributed by atoms with Crippen molar-refractivity contribution in [3.8, 4) is 0 Å². The molecule has 0 saturated heterocycles. The minimum atomic E-state index is 0.405. The average Bonchev–Trinajstić information content (AvgIpc) is 1.82. The fraction of sp³-hybridized carbons (Fsp3) is 1.00. The van der Waals surface area contributed by atoms with Crippen LogP contribution in [-0.2, 0) is 4.74 Å². The van der Waals surface area contributed by atoms with Crippen LogP contribution >= 0.6 is 0 Å². The molecule has 0 aromatic rings. The number of ether oxygens (including phenoxy) is 1. The highest BCUT2D eigenvalue weighted by molar-refractivity contribution is 4.54. The summed E-state index contributed by atoms with van der Waals surface area (Å²) in [5.41, 5.74) is 0. The fourth-order valence-corrected chi connectivity index (χ4v) is 0.537. The predicted molar refractivity (Wildman–Crippen MR) is 45.1 cm³/mol. The Bertz CT molecular complexity index is 76.8. The summed E-state index contributed by atoms with van der Waals surface area (Å²) in [5, 5.41) is 0. The second-order valence-corrected chi connectivity index (χ2v) is 3.68. The highest BCUT2D eigenvalue weighted by atomic mass is 16.5. The molecule has 0 aliphatic rings. The van der Waals surface area contributed by atoms with Gasteiger partial charge in [0, 0.05) is 6.61 Å². The van der Waals surface area contributed by atoms with Gasteiger partial charge >= 0.3 is 0 Å². The van der Waals surface area contributed by atoms with E-state index in [9.17, 15) is 0 Å². The van der Waals surface area contributed by atoms with E-state index in [2.05, 4.69) is 34.6 Å². The van der Waals surface area contributed by atoms with Gasteiger partial charge in [-0.15, -0.1) is 0 Å². The molecule has 0 aliphatic heterocycles. The first-order valence-corrected chi connectivity index (χ1v) is 4.15. The molecule has 0 heterocycles. The molecule has 0 bridgehead atoms. The third kappa shape index (κ3) is 4.80. The van der Waals surface area contributed by atoms with Crippen LogP contribution < -0.4 is 0 Å². The molecule has 0 radical (unpaired) electrons. The second kappa shape index (κ2) is 4.73. The Kier molecular flexibility index (Phi) is 4.71. The first-order chi connectivity index (χ1) is 4.54. The molecule has 1 atom stereocenters. The standard InChI is InChI=1S/C9H20O/c1-7(2)6-10-9(5)8(3)4/h7-9H,6H2,1-5H3/t9-/m0/s1. The molecular formula is C9H20O. The van der Waals surface area contributed by atoms with Gasteiger partial charge in [-0.3, -0.25) is 0 Å². The lowest BCUT2D eigenvalue weighted by Crippen LogP contribution is -2.18. The van der Waals surface area contributed by atoms with Crippen LogP contribution in [0.25, 0.3) is 0 Å². The first kappa shape index (κ1) is 9.96. The fourth-order valence-electron chi connectivity index (χ4n) is 0.537. The van der Waals surface area contributed by atoms with Gasteiger partial charge in [0.2, 0.25) is 0 Å². The molecule has 0 aliphatic carbocycles. The van der Waals surface area contributed by atoms with Crippen LogP contribution in [0.3, 0.4) is 0 Å². The molecule has 62 valence electrons. The molecule has 0 spiro atoms. The molecule has 0 aromatic heterocycles. The van der Waals surface area contributed by atoms with Crippen molar-refractivity contribution in [2.45, 2.75) is 40.7 Å². The summed E-state index contributed by atoms with van der Waals surface area (Å²) < 4.78 is 5.56. The number of hydrogen-bond acceptors (Lipinski definition) is 1. The largest absolute Gasteiger partial charge is 0.378 e. The van der Waals surface area contributed by atoms with Crippen LogP contribution in [0.2, 0.25) is 0 Å². The summed E-state index contributed by atoms with van der Waals surface area (Å²) in [6.07, 6.45) is 0.405. The zero-order chi connectivity index (χ0) is 8.15. The Balaban J connectivity index is 3.30. The van der Waals surface area contributed by atoms with E-state index in [1.165, 1.54) is 0 Å². The summed E-state index contributed by atoms with van der Waals surface area (Å²) in [5.74, 6) is 1.29. The Labute approximate surface area is 64.8 Å². The van der Waals surface area contributed by atoms with Gasteiger partial charge in [0.15, 0.2) is 0 Å². The summed E-state index contributed by atoms with van der Waals surface area (Å²) in [7, 11) is 0. The summed E-state index contributed by atoms with van der Waals surface area (Å²) >= 11 is 0. The lowest BCUT2D eigenvalue weighted by atomic mass is 10.1. The summed E-state index contributed by atoms with van der Waals surface area (Å²) in [4.78, 5) is 0. The Morgan fingerprint density at radius 1 is 1.00 bits per heavy atom. The van der Waals surface area contributed by atoms with Gasteiger partial charge in [-0.05, 0) is 18.8 Å². The van der Waals surface area contributed by atoms with E-state index in [0.717, 1.165) is 6.61 Å². The van der Waals surface area contributed by atoms with Gasteiger partial charge in [-0.25, -0.2) is 0 Å². The van der Waals surface area contributed by atoms with Crippen molar-refractivity contribution in [1.82, 2.24) is 0 Å². The molecule has 0 rings (SSSR count). The molecule has 1 heteroatoms. The Morgan fingerprint density at radius 3 is 1.80 bits per heavy atom. The third-order valence-electron chi connectivity index (χ3n) is 1.63. The van der Waals surface area contributed by atoms with Crippen LogP contribution in [0.15, 0.2) is 0 Å². The number of rotatable bonds is 4. The van der Waals surface area contributed by atoms with Crippen LogP contribution in [-0.4, -0.2) is 12.7 Å². The SMILES string of the molecule is CC(C)CO[C@@H](C)C(C)C. The van der Waals surface area contributed by atoms with Crippen molar-refractivity contribution in [3.63, 3.8) is 0 Å². The highest BCUT2D eigenvalue weighted by Gasteiger charge is 2.06. The zero-order valence-electron chi connectivity index (χ0n) is 7.85. The van der Waals surface area contributed by atoms with Gasteiger partial charge in [0.1, 0.15) is 0 Å². The van der Waals surface area contributed by atoms with E-state index in [0.29, 0.717) is 17.9 Å². The highest BCUT2D eigenvalue weighted by Crippen LogP contribution is 2.06. The molecule has 0 amide bonds. The molecule has 1 nitrogen and oxygen atoms in total. The van der Waals surface area contributed by atoms with E-state index in [-0.39, 0.29) is 0 Å². The Morgan fingerprint density at radius 2 is 1.50 bits per heavy atom.